The van der Waals surface area contributed by atoms with Crippen LogP contribution < -0.4 is 5.73 Å². The fourth-order valence-electron chi connectivity index (χ4n) is 0.258. The molecule has 0 aliphatic heterocycles. The van der Waals surface area contributed by atoms with Crippen molar-refractivity contribution in [3.05, 3.63) is 23.6 Å². The summed E-state index contributed by atoms with van der Waals surface area (Å²) in [6.07, 6.45) is 7.62. The molecule has 2 heteroatoms. The quantitative estimate of drug-likeness (QED) is 0.309. The molecule has 0 aromatic rings. The van der Waals surface area contributed by atoms with Crippen molar-refractivity contribution in [1.29, 1.82) is 0 Å². The Bertz CT molecular complexity index is 180. The van der Waals surface area contributed by atoms with Crippen molar-refractivity contribution in [1.82, 2.24) is 0 Å². The zero-order chi connectivity index (χ0) is 7.28. The van der Waals surface area contributed by atoms with Gasteiger partial charge in [-0.15, -0.1) is 6.42 Å². The van der Waals surface area contributed by atoms with Gasteiger partial charge in [0.2, 0.25) is 0 Å². The fourth-order valence-corrected chi connectivity index (χ4v) is 0.258. The van der Waals surface area contributed by atoms with Crippen LogP contribution in [0.15, 0.2) is 23.6 Å². The van der Waals surface area contributed by atoms with Gasteiger partial charge in [-0.25, -0.2) is 0 Å². The zero-order valence-electron chi connectivity index (χ0n) is 5.26. The van der Waals surface area contributed by atoms with Crippen LogP contribution in [0.25, 0.3) is 0 Å². The number of hydrogen-bond acceptors (Lipinski definition) is 2. The van der Waals surface area contributed by atoms with Crippen LogP contribution in [-0.4, -0.2) is 5.11 Å². The van der Waals surface area contributed by atoms with E-state index in [9.17, 15) is 0 Å². The van der Waals surface area contributed by atoms with Gasteiger partial charge >= 0.3 is 0 Å². The lowest BCUT2D eigenvalue weighted by Crippen LogP contribution is -1.94. The molecule has 0 saturated carbocycles. The van der Waals surface area contributed by atoms with Gasteiger partial charge in [0, 0.05) is 5.70 Å². The van der Waals surface area contributed by atoms with E-state index in [1.165, 1.54) is 12.2 Å². The van der Waals surface area contributed by atoms with E-state index in [0.717, 1.165) is 0 Å². The minimum atomic E-state index is 0.0213. The standard InChI is InChI=1S/C7H9NO/c1-3-4-5-7(9)6(2)8/h1,4-5,9H,8H2,2H3/b5-4-,7-6-. The summed E-state index contributed by atoms with van der Waals surface area (Å²) in [5.74, 6) is 2.24. The molecular formula is C7H9NO. The summed E-state index contributed by atoms with van der Waals surface area (Å²) in [4.78, 5) is 0. The van der Waals surface area contributed by atoms with Crippen LogP contribution in [0, 0.1) is 12.3 Å². The lowest BCUT2D eigenvalue weighted by molar-refractivity contribution is 0.425. The summed E-state index contributed by atoms with van der Waals surface area (Å²) in [6, 6.07) is 0. The monoisotopic (exact) mass is 123 g/mol. The first kappa shape index (κ1) is 7.64. The Labute approximate surface area is 54.7 Å². The highest BCUT2D eigenvalue weighted by molar-refractivity contribution is 5.21. The molecule has 0 amide bonds. The van der Waals surface area contributed by atoms with Gasteiger partial charge in [0.25, 0.3) is 0 Å². The Hall–Kier alpha value is -1.36. The Morgan fingerprint density at radius 3 is 2.67 bits per heavy atom. The first-order valence-corrected chi connectivity index (χ1v) is 2.46. The molecule has 0 aliphatic carbocycles. The van der Waals surface area contributed by atoms with Gasteiger partial charge in [0.15, 0.2) is 0 Å². The minimum absolute atomic E-state index is 0.0213. The maximum absolute atomic E-state index is 8.83. The smallest absolute Gasteiger partial charge is 0.134 e. The number of allylic oxidation sites excluding steroid dienone is 3. The molecule has 0 unspecified atom stereocenters. The van der Waals surface area contributed by atoms with E-state index >= 15 is 0 Å². The predicted octanol–water partition coefficient (Wildman–Crippen LogP) is 0.924. The van der Waals surface area contributed by atoms with Crippen LogP contribution in [0.5, 0.6) is 0 Å². The van der Waals surface area contributed by atoms with Crippen LogP contribution in [-0.2, 0) is 0 Å². The molecule has 0 heterocycles. The number of rotatable bonds is 1. The maximum atomic E-state index is 8.83. The lowest BCUT2D eigenvalue weighted by atomic mass is 10.3. The molecule has 3 N–H and O–H groups in total. The topological polar surface area (TPSA) is 46.2 Å². The zero-order valence-corrected chi connectivity index (χ0v) is 5.26. The molecule has 0 spiro atoms. The van der Waals surface area contributed by atoms with Crippen LogP contribution >= 0.6 is 0 Å². The third-order valence-corrected chi connectivity index (χ3v) is 0.741. The minimum Gasteiger partial charge on any atom is -0.506 e. The summed E-state index contributed by atoms with van der Waals surface area (Å²) >= 11 is 0. The van der Waals surface area contributed by atoms with Crippen molar-refractivity contribution in [3.63, 3.8) is 0 Å². The van der Waals surface area contributed by atoms with Gasteiger partial charge in [0.1, 0.15) is 5.76 Å². The molecule has 0 aromatic carbocycles. The van der Waals surface area contributed by atoms with Gasteiger partial charge in [-0.05, 0) is 19.1 Å². The van der Waals surface area contributed by atoms with Crippen LogP contribution in [0.4, 0.5) is 0 Å². The molecule has 2 nitrogen and oxygen atoms in total. The normalized spacial score (nSPS) is 12.9. The SMILES string of the molecule is C#C/C=C\C(O)=C(/C)N. The van der Waals surface area contributed by atoms with E-state index in [4.69, 9.17) is 17.3 Å². The second kappa shape index (κ2) is 3.62. The van der Waals surface area contributed by atoms with Gasteiger partial charge in [-0.1, -0.05) is 5.92 Å². The van der Waals surface area contributed by atoms with E-state index in [1.807, 2.05) is 0 Å². The van der Waals surface area contributed by atoms with E-state index in [2.05, 4.69) is 5.92 Å². The number of nitrogens with two attached hydrogens (primary N) is 1. The second-order valence-electron chi connectivity index (χ2n) is 1.57. The van der Waals surface area contributed by atoms with E-state index in [-0.39, 0.29) is 5.76 Å². The molecule has 48 valence electrons. The lowest BCUT2D eigenvalue weighted by Gasteiger charge is -1.90. The fraction of sp³-hybridized carbons (Fsp3) is 0.143. The van der Waals surface area contributed by atoms with Gasteiger partial charge in [-0.2, -0.15) is 0 Å². The molecule has 0 rings (SSSR count). The Morgan fingerprint density at radius 1 is 1.78 bits per heavy atom. The predicted molar refractivity (Wildman–Crippen MR) is 37.5 cm³/mol. The largest absolute Gasteiger partial charge is 0.506 e. The van der Waals surface area contributed by atoms with Crippen LogP contribution in [0.2, 0.25) is 0 Å². The molecule has 0 radical (unpaired) electrons. The maximum Gasteiger partial charge on any atom is 0.134 e. The second-order valence-corrected chi connectivity index (χ2v) is 1.57. The summed E-state index contributed by atoms with van der Waals surface area (Å²) in [7, 11) is 0. The highest BCUT2D eigenvalue weighted by Crippen LogP contribution is 1.93. The highest BCUT2D eigenvalue weighted by atomic mass is 16.3. The third-order valence-electron chi connectivity index (χ3n) is 0.741. The van der Waals surface area contributed by atoms with E-state index < -0.39 is 0 Å². The molecule has 0 aromatic heterocycles. The van der Waals surface area contributed by atoms with Gasteiger partial charge < -0.3 is 10.8 Å². The molecule has 0 atom stereocenters. The van der Waals surface area contributed by atoms with Crippen molar-refractivity contribution in [2.24, 2.45) is 5.73 Å². The molecular weight excluding hydrogens is 114 g/mol. The summed E-state index contributed by atoms with van der Waals surface area (Å²) < 4.78 is 0. The summed E-state index contributed by atoms with van der Waals surface area (Å²) in [5, 5.41) is 8.83. The highest BCUT2D eigenvalue weighted by Gasteiger charge is 1.85. The number of terminal acetylenes is 1. The van der Waals surface area contributed by atoms with Gasteiger partial charge in [0.05, 0.1) is 0 Å². The summed E-state index contributed by atoms with van der Waals surface area (Å²) in [5.41, 5.74) is 5.55. The number of hydrogen-bond donors (Lipinski definition) is 2. The van der Waals surface area contributed by atoms with Crippen LogP contribution in [0.3, 0.4) is 0 Å². The van der Waals surface area contributed by atoms with Crippen molar-refractivity contribution < 1.29 is 5.11 Å². The van der Waals surface area contributed by atoms with Crippen molar-refractivity contribution in [3.8, 4) is 12.3 Å². The Kier molecular flexibility index (Phi) is 3.07. The average molecular weight is 123 g/mol. The Balaban J connectivity index is 4.11. The third kappa shape index (κ3) is 3.24. The Morgan fingerprint density at radius 2 is 2.33 bits per heavy atom. The molecule has 0 bridgehead atoms. The average Bonchev–Trinajstić information content (AvgIpc) is 1.82. The van der Waals surface area contributed by atoms with Gasteiger partial charge in [-0.3, -0.25) is 0 Å². The molecule has 0 saturated heterocycles. The summed E-state index contributed by atoms with van der Waals surface area (Å²) in [6.45, 7) is 1.59. The van der Waals surface area contributed by atoms with Crippen molar-refractivity contribution in [2.45, 2.75) is 6.92 Å². The molecule has 0 aliphatic rings. The van der Waals surface area contributed by atoms with Crippen molar-refractivity contribution >= 4 is 0 Å². The first-order chi connectivity index (χ1) is 4.18. The van der Waals surface area contributed by atoms with E-state index in [1.54, 1.807) is 6.92 Å². The van der Waals surface area contributed by atoms with Crippen molar-refractivity contribution in [2.75, 3.05) is 0 Å². The van der Waals surface area contributed by atoms with Crippen LogP contribution in [0.1, 0.15) is 6.92 Å². The number of aliphatic hydroxyl groups excluding tert-OH is 1. The molecule has 9 heavy (non-hydrogen) atoms. The molecule has 0 fully saturated rings. The van der Waals surface area contributed by atoms with E-state index in [0.29, 0.717) is 5.70 Å². The first-order valence-electron chi connectivity index (χ1n) is 2.46. The number of aliphatic hydroxyl groups is 1.